The molecule has 0 spiro atoms. The molecule has 2 unspecified atom stereocenters. The maximum atomic E-state index is 14.0. The molecule has 7 rings (SSSR count). The number of Topliss-reactive ketones (excluding diaryl/α,β-unsaturated/α-hetero) is 1. The highest BCUT2D eigenvalue weighted by Gasteiger charge is 2.71. The number of aliphatic hydroxyl groups excluding tert-OH is 1. The van der Waals surface area contributed by atoms with Crippen molar-refractivity contribution >= 4 is 35.8 Å². The van der Waals surface area contributed by atoms with Crippen molar-refractivity contribution in [1.29, 1.82) is 0 Å². The van der Waals surface area contributed by atoms with Gasteiger partial charge in [0.25, 0.3) is 5.78 Å². The normalized spacial score (nSPS) is 25.7. The van der Waals surface area contributed by atoms with E-state index >= 15 is 0 Å². The Morgan fingerprint density at radius 2 is 1.27 bits per heavy atom. The summed E-state index contributed by atoms with van der Waals surface area (Å²) in [4.78, 5) is 51.7. The smallest absolute Gasteiger partial charge is 0.357 e. The summed E-state index contributed by atoms with van der Waals surface area (Å²) in [6, 6.07) is 12.4. The summed E-state index contributed by atoms with van der Waals surface area (Å²) in [5.41, 5.74) is -3.04. The molecule has 0 bridgehead atoms. The van der Waals surface area contributed by atoms with Crippen molar-refractivity contribution in [2.24, 2.45) is 0 Å². The second-order valence-electron chi connectivity index (χ2n) is 13.7. The number of carboxylic acids is 1. The van der Waals surface area contributed by atoms with E-state index in [-0.39, 0.29) is 28.2 Å². The lowest BCUT2D eigenvalue weighted by molar-refractivity contribution is -0.316. The molecule has 1 aliphatic carbocycles. The van der Waals surface area contributed by atoms with E-state index < -0.39 is 118 Å². The Balaban J connectivity index is 1.14. The van der Waals surface area contributed by atoms with E-state index in [9.17, 15) is 70.2 Å². The number of phenols is 6. The lowest BCUT2D eigenvalue weighted by atomic mass is 9.79. The summed E-state index contributed by atoms with van der Waals surface area (Å²) in [5, 5.41) is 103. The SMILES string of the molecule is O=C(C=Cc1ccc(O)c(O)c1)O[C@@H]1[C@H](O)C[C@@](O)(C(=O)O)C[C@H]1OC(=O)C=Cc1ccc2c(c1)OC1(O)C(=O)c3c(O)cc(O)cc3OC1(c1ccc(O)c(O)c1)O2. The van der Waals surface area contributed by atoms with Gasteiger partial charge < -0.3 is 74.7 Å². The van der Waals surface area contributed by atoms with Crippen molar-refractivity contribution in [2.75, 3.05) is 0 Å². The van der Waals surface area contributed by atoms with Crippen molar-refractivity contribution in [3.63, 3.8) is 0 Å². The number of benzene rings is 4. The van der Waals surface area contributed by atoms with Crippen molar-refractivity contribution < 1.29 is 93.9 Å². The topological polar surface area (TPSA) is 317 Å². The van der Waals surface area contributed by atoms with Crippen LogP contribution in [0.25, 0.3) is 12.2 Å². The standard InChI is InChI=1S/C40H32O19/c41-21-14-26(46)34-30(15-21)59-40(20-5-7-23(43)25(45)13-20)39(54,36(34)50)57-29-12-19(2-8-28(29)58-40)4-9-32(48)55-31-17-38(53,37(51)52)16-27(47)35(31)56-33(49)10-3-18-1-6-22(42)24(44)11-18/h1-15,27,31,35,41-47,53-54H,16-17H2,(H,51,52)/t27-,31-,35-,38+,39?,40?/m1/s1. The number of ether oxygens (including phenoxy) is 5. The van der Waals surface area contributed by atoms with Gasteiger partial charge in [-0.2, -0.15) is 0 Å². The fourth-order valence-corrected chi connectivity index (χ4v) is 6.80. The molecule has 19 nitrogen and oxygen atoms in total. The second-order valence-corrected chi connectivity index (χ2v) is 13.7. The Bertz CT molecular complexity index is 2480. The Labute approximate surface area is 330 Å². The zero-order valence-corrected chi connectivity index (χ0v) is 30.0. The molecule has 10 N–H and O–H groups in total. The lowest BCUT2D eigenvalue weighted by Crippen LogP contribution is -2.70. The first-order chi connectivity index (χ1) is 27.8. The number of aliphatic carboxylic acids is 1. The first kappa shape index (κ1) is 39.7. The quantitative estimate of drug-likeness (QED) is 0.0691. The van der Waals surface area contributed by atoms with Gasteiger partial charge in [-0.1, -0.05) is 12.1 Å². The number of esters is 2. The van der Waals surface area contributed by atoms with Gasteiger partial charge in [-0.15, -0.1) is 0 Å². The molecular formula is C40H32O19. The molecule has 1 fully saturated rings. The number of carboxylic acid groups (broad SMARTS) is 1. The summed E-state index contributed by atoms with van der Waals surface area (Å²) < 4.78 is 28.6. The maximum absolute atomic E-state index is 14.0. The molecule has 0 saturated heterocycles. The number of fused-ring (bicyclic) bond motifs is 3. The van der Waals surface area contributed by atoms with E-state index in [1.54, 1.807) is 0 Å². The van der Waals surface area contributed by atoms with Crippen LogP contribution in [0.5, 0.6) is 51.7 Å². The molecular weight excluding hydrogens is 784 g/mol. The summed E-state index contributed by atoms with van der Waals surface area (Å²) >= 11 is 0. The van der Waals surface area contributed by atoms with E-state index in [0.717, 1.165) is 60.7 Å². The largest absolute Gasteiger partial charge is 0.508 e. The van der Waals surface area contributed by atoms with E-state index in [1.165, 1.54) is 30.3 Å². The molecule has 2 heterocycles. The van der Waals surface area contributed by atoms with Gasteiger partial charge >= 0.3 is 29.5 Å². The molecule has 1 saturated carbocycles. The minimum absolute atomic E-state index is 0.138. The van der Waals surface area contributed by atoms with E-state index in [4.69, 9.17) is 23.7 Å². The summed E-state index contributed by atoms with van der Waals surface area (Å²) in [6.07, 6.45) is -2.69. The number of ketones is 1. The molecule has 4 aromatic rings. The monoisotopic (exact) mass is 816 g/mol. The summed E-state index contributed by atoms with van der Waals surface area (Å²) in [5.74, 6) is -15.5. The van der Waals surface area contributed by atoms with Gasteiger partial charge in [-0.3, -0.25) is 4.79 Å². The van der Waals surface area contributed by atoms with Crippen LogP contribution in [0, 0.1) is 0 Å². The van der Waals surface area contributed by atoms with Crippen LogP contribution in [0.1, 0.15) is 39.9 Å². The van der Waals surface area contributed by atoms with Crippen LogP contribution in [0.15, 0.2) is 78.9 Å². The molecule has 4 aromatic carbocycles. The maximum Gasteiger partial charge on any atom is 0.357 e. The first-order valence-corrected chi connectivity index (χ1v) is 17.3. The number of phenolic OH excluding ortho intramolecular Hbond substituents is 6. The van der Waals surface area contributed by atoms with Crippen LogP contribution in [0.4, 0.5) is 0 Å². The molecule has 59 heavy (non-hydrogen) atoms. The molecule has 3 aliphatic rings. The van der Waals surface area contributed by atoms with Crippen molar-refractivity contribution in [3.05, 3.63) is 101 Å². The summed E-state index contributed by atoms with van der Waals surface area (Å²) in [7, 11) is 0. The predicted octanol–water partition coefficient (Wildman–Crippen LogP) is 2.03. The number of aliphatic hydroxyl groups is 3. The van der Waals surface area contributed by atoms with Gasteiger partial charge in [0, 0.05) is 42.7 Å². The Hall–Kier alpha value is -7.48. The van der Waals surface area contributed by atoms with Crippen molar-refractivity contribution in [2.45, 2.75) is 48.3 Å². The molecule has 2 aliphatic heterocycles. The van der Waals surface area contributed by atoms with Crippen LogP contribution in [0.3, 0.4) is 0 Å². The number of hydrogen-bond donors (Lipinski definition) is 10. The zero-order valence-electron chi connectivity index (χ0n) is 30.0. The third-order valence-corrected chi connectivity index (χ3v) is 9.71. The highest BCUT2D eigenvalue weighted by Crippen LogP contribution is 2.55. The van der Waals surface area contributed by atoms with Crippen LogP contribution in [-0.2, 0) is 29.6 Å². The van der Waals surface area contributed by atoms with Crippen LogP contribution >= 0.6 is 0 Å². The van der Waals surface area contributed by atoms with Gasteiger partial charge in [0.05, 0.1) is 6.10 Å². The van der Waals surface area contributed by atoms with Gasteiger partial charge in [0.2, 0.25) is 0 Å². The minimum atomic E-state index is -3.16. The first-order valence-electron chi connectivity index (χ1n) is 17.3. The zero-order chi connectivity index (χ0) is 42.6. The Kier molecular flexibility index (Phi) is 9.75. The van der Waals surface area contributed by atoms with Gasteiger partial charge in [0.15, 0.2) is 46.2 Å². The third kappa shape index (κ3) is 7.09. The molecule has 0 amide bonds. The molecule has 0 radical (unpaired) electrons. The summed E-state index contributed by atoms with van der Waals surface area (Å²) in [6.45, 7) is 0. The number of aromatic hydroxyl groups is 6. The highest BCUT2D eigenvalue weighted by molar-refractivity contribution is 6.08. The molecule has 0 aromatic heterocycles. The second kappa shape index (κ2) is 14.5. The number of carbonyl (C=O) groups excluding carboxylic acids is 3. The van der Waals surface area contributed by atoms with E-state index in [1.807, 2.05) is 0 Å². The van der Waals surface area contributed by atoms with Crippen molar-refractivity contribution in [3.8, 4) is 51.7 Å². The van der Waals surface area contributed by atoms with Crippen LogP contribution < -0.4 is 14.2 Å². The van der Waals surface area contributed by atoms with E-state index in [0.29, 0.717) is 0 Å². The number of carbonyl (C=O) groups is 4. The Morgan fingerprint density at radius 1 is 0.661 bits per heavy atom. The molecule has 306 valence electrons. The van der Waals surface area contributed by atoms with Crippen molar-refractivity contribution in [1.82, 2.24) is 0 Å². The molecule has 19 heteroatoms. The number of rotatable bonds is 8. The third-order valence-electron chi connectivity index (χ3n) is 9.71. The number of hydrogen-bond acceptors (Lipinski definition) is 18. The average molecular weight is 817 g/mol. The predicted molar refractivity (Wildman–Crippen MR) is 194 cm³/mol. The average Bonchev–Trinajstić information content (AvgIpc) is 3.16. The van der Waals surface area contributed by atoms with Crippen LogP contribution in [-0.4, -0.2) is 104 Å². The minimum Gasteiger partial charge on any atom is -0.508 e. The van der Waals surface area contributed by atoms with Gasteiger partial charge in [-0.05, 0) is 65.7 Å². The molecule has 6 atom stereocenters. The fourth-order valence-electron chi connectivity index (χ4n) is 6.80. The lowest BCUT2D eigenvalue weighted by Gasteiger charge is -2.50. The van der Waals surface area contributed by atoms with Crippen LogP contribution in [0.2, 0.25) is 0 Å². The van der Waals surface area contributed by atoms with E-state index in [2.05, 4.69) is 0 Å². The van der Waals surface area contributed by atoms with Gasteiger partial charge in [0.1, 0.15) is 28.9 Å². The Morgan fingerprint density at radius 3 is 1.93 bits per heavy atom. The van der Waals surface area contributed by atoms with Gasteiger partial charge in [-0.25, -0.2) is 14.4 Å². The fraction of sp³-hybridized carbons (Fsp3) is 0.200. The highest BCUT2D eigenvalue weighted by atomic mass is 16.8.